The largest absolute Gasteiger partial charge is 0.482 e. The molecule has 9 heteroatoms. The second-order valence-corrected chi connectivity index (χ2v) is 9.86. The van der Waals surface area contributed by atoms with Crippen LogP contribution in [-0.4, -0.2) is 38.2 Å². The van der Waals surface area contributed by atoms with Crippen LogP contribution >= 0.6 is 11.3 Å². The number of ether oxygens (including phenoxy) is 1. The SMILES string of the molecule is CCN1C(=O)COc2ccc(-c3csc(NS(=O)(=O)CCCc4ccccc4)n3)cc21. The number of rotatable bonds is 8. The van der Waals surface area contributed by atoms with Crippen molar-refractivity contribution in [2.45, 2.75) is 19.8 Å². The highest BCUT2D eigenvalue weighted by Crippen LogP contribution is 2.36. The average molecular weight is 458 g/mol. The summed E-state index contributed by atoms with van der Waals surface area (Å²) in [5, 5.41) is 2.12. The zero-order valence-electron chi connectivity index (χ0n) is 17.1. The Morgan fingerprint density at radius 3 is 2.77 bits per heavy atom. The fourth-order valence-electron chi connectivity index (χ4n) is 3.46. The van der Waals surface area contributed by atoms with E-state index in [2.05, 4.69) is 9.71 Å². The molecular weight excluding hydrogens is 434 g/mol. The van der Waals surface area contributed by atoms with E-state index >= 15 is 0 Å². The van der Waals surface area contributed by atoms with Gasteiger partial charge in [0, 0.05) is 17.5 Å². The first-order valence-corrected chi connectivity index (χ1v) is 12.6. The highest BCUT2D eigenvalue weighted by Gasteiger charge is 2.25. The standard InChI is InChI=1S/C22H23N3O4S2/c1-2-25-19-13-17(10-11-20(19)29-14-21(25)26)18-15-30-22(23-18)24-31(27,28)12-6-9-16-7-4-3-5-8-16/h3-5,7-8,10-11,13,15H,2,6,9,12,14H2,1H3,(H,23,24). The van der Waals surface area contributed by atoms with Gasteiger partial charge in [-0.1, -0.05) is 30.3 Å². The molecule has 2 aromatic carbocycles. The maximum atomic E-state index is 12.4. The third-order valence-corrected chi connectivity index (χ3v) is 7.20. The van der Waals surface area contributed by atoms with Crippen LogP contribution in [0.4, 0.5) is 10.8 Å². The molecule has 0 atom stereocenters. The van der Waals surface area contributed by atoms with E-state index in [-0.39, 0.29) is 18.3 Å². The minimum absolute atomic E-state index is 0.0283. The molecule has 1 aromatic heterocycles. The molecule has 3 aromatic rings. The molecule has 4 rings (SSSR count). The molecule has 0 saturated carbocycles. The first-order chi connectivity index (χ1) is 14.9. The summed E-state index contributed by atoms with van der Waals surface area (Å²) in [6.45, 7) is 2.49. The predicted molar refractivity (Wildman–Crippen MR) is 123 cm³/mol. The summed E-state index contributed by atoms with van der Waals surface area (Å²) in [5.74, 6) is 0.592. The summed E-state index contributed by atoms with van der Waals surface area (Å²) in [6, 6.07) is 15.3. The van der Waals surface area contributed by atoms with Gasteiger partial charge in [0.2, 0.25) is 10.0 Å². The second kappa shape index (κ2) is 9.07. The molecule has 0 aliphatic carbocycles. The van der Waals surface area contributed by atoms with E-state index in [1.54, 1.807) is 10.3 Å². The van der Waals surface area contributed by atoms with Crippen molar-refractivity contribution in [3.05, 3.63) is 59.5 Å². The maximum absolute atomic E-state index is 12.4. The smallest absolute Gasteiger partial charge is 0.265 e. The van der Waals surface area contributed by atoms with E-state index in [1.807, 2.05) is 55.5 Å². The van der Waals surface area contributed by atoms with Crippen LogP contribution < -0.4 is 14.4 Å². The van der Waals surface area contributed by atoms with Gasteiger partial charge in [0.1, 0.15) is 5.75 Å². The molecule has 0 fully saturated rings. The molecule has 1 aliphatic heterocycles. The Labute approximate surface area is 185 Å². The topological polar surface area (TPSA) is 88.6 Å². The zero-order chi connectivity index (χ0) is 21.8. The van der Waals surface area contributed by atoms with Crippen molar-refractivity contribution in [2.75, 3.05) is 28.5 Å². The molecule has 0 saturated heterocycles. The number of carbonyl (C=O) groups is 1. The maximum Gasteiger partial charge on any atom is 0.265 e. The van der Waals surface area contributed by atoms with Gasteiger partial charge in [-0.25, -0.2) is 13.4 Å². The minimum Gasteiger partial charge on any atom is -0.482 e. The lowest BCUT2D eigenvalue weighted by molar-refractivity contribution is -0.121. The molecule has 31 heavy (non-hydrogen) atoms. The average Bonchev–Trinajstić information content (AvgIpc) is 3.21. The third kappa shape index (κ3) is 5.05. The van der Waals surface area contributed by atoms with Gasteiger partial charge in [-0.15, -0.1) is 11.3 Å². The number of hydrogen-bond acceptors (Lipinski definition) is 6. The van der Waals surface area contributed by atoms with Gasteiger partial charge in [0.25, 0.3) is 5.91 Å². The van der Waals surface area contributed by atoms with Crippen molar-refractivity contribution in [3.8, 4) is 17.0 Å². The summed E-state index contributed by atoms with van der Waals surface area (Å²) in [6.07, 6.45) is 1.23. The molecule has 0 unspecified atom stereocenters. The lowest BCUT2D eigenvalue weighted by Gasteiger charge is -2.28. The first-order valence-electron chi connectivity index (χ1n) is 10.0. The molecule has 0 spiro atoms. The van der Waals surface area contributed by atoms with Gasteiger partial charge in [-0.05, 0) is 43.5 Å². The number of thiazole rings is 1. The lowest BCUT2D eigenvalue weighted by atomic mass is 10.1. The van der Waals surface area contributed by atoms with Crippen LogP contribution in [0.25, 0.3) is 11.3 Å². The molecule has 162 valence electrons. The Balaban J connectivity index is 1.43. The molecular formula is C22H23N3O4S2. The van der Waals surface area contributed by atoms with Gasteiger partial charge < -0.3 is 9.64 Å². The molecule has 0 bridgehead atoms. The molecule has 1 aliphatic rings. The number of amides is 1. The summed E-state index contributed by atoms with van der Waals surface area (Å²) in [7, 11) is -3.48. The fraction of sp³-hybridized carbons (Fsp3) is 0.273. The van der Waals surface area contributed by atoms with E-state index < -0.39 is 10.0 Å². The Morgan fingerprint density at radius 1 is 1.19 bits per heavy atom. The summed E-state index contributed by atoms with van der Waals surface area (Å²) < 4.78 is 33.0. The number of nitrogens with zero attached hydrogens (tertiary/aromatic N) is 2. The van der Waals surface area contributed by atoms with Crippen LogP contribution in [0.3, 0.4) is 0 Å². The number of benzene rings is 2. The van der Waals surface area contributed by atoms with Crippen molar-refractivity contribution >= 4 is 38.1 Å². The Hall–Kier alpha value is -2.91. The summed E-state index contributed by atoms with van der Waals surface area (Å²) in [5.41, 5.74) is 3.25. The number of nitrogens with one attached hydrogen (secondary N) is 1. The van der Waals surface area contributed by atoms with E-state index in [1.165, 1.54) is 11.3 Å². The highest BCUT2D eigenvalue weighted by atomic mass is 32.2. The number of fused-ring (bicyclic) bond motifs is 1. The number of likely N-dealkylation sites (N-methyl/N-ethyl adjacent to an activating group) is 1. The third-order valence-electron chi connectivity index (χ3n) is 4.98. The van der Waals surface area contributed by atoms with E-state index in [0.29, 0.717) is 41.6 Å². The number of anilines is 2. The molecule has 2 heterocycles. The van der Waals surface area contributed by atoms with Crippen LogP contribution in [0.5, 0.6) is 5.75 Å². The van der Waals surface area contributed by atoms with Crippen molar-refractivity contribution in [1.82, 2.24) is 4.98 Å². The van der Waals surface area contributed by atoms with Crippen LogP contribution in [0.1, 0.15) is 18.9 Å². The van der Waals surface area contributed by atoms with Crippen LogP contribution in [0.2, 0.25) is 0 Å². The fourth-order valence-corrected chi connectivity index (χ4v) is 5.53. The summed E-state index contributed by atoms with van der Waals surface area (Å²) >= 11 is 1.23. The predicted octanol–water partition coefficient (Wildman–Crippen LogP) is 3.93. The highest BCUT2D eigenvalue weighted by molar-refractivity contribution is 7.92. The lowest BCUT2D eigenvalue weighted by Crippen LogP contribution is -2.38. The molecule has 1 N–H and O–H groups in total. The second-order valence-electron chi connectivity index (χ2n) is 7.16. The number of aryl methyl sites for hydroxylation is 1. The van der Waals surface area contributed by atoms with Crippen molar-refractivity contribution in [2.24, 2.45) is 0 Å². The molecule has 1 amide bonds. The molecule has 0 radical (unpaired) electrons. The van der Waals surface area contributed by atoms with Crippen LogP contribution in [0.15, 0.2) is 53.9 Å². The Morgan fingerprint density at radius 2 is 2.00 bits per heavy atom. The van der Waals surface area contributed by atoms with Gasteiger partial charge in [0.05, 0.1) is 17.1 Å². The monoisotopic (exact) mass is 457 g/mol. The van der Waals surface area contributed by atoms with Gasteiger partial charge >= 0.3 is 0 Å². The van der Waals surface area contributed by atoms with Gasteiger partial charge in [0.15, 0.2) is 11.7 Å². The van der Waals surface area contributed by atoms with E-state index in [0.717, 1.165) is 11.1 Å². The quantitative estimate of drug-likeness (QED) is 0.554. The zero-order valence-corrected chi connectivity index (χ0v) is 18.7. The van der Waals surface area contributed by atoms with Crippen LogP contribution in [-0.2, 0) is 21.2 Å². The van der Waals surface area contributed by atoms with Crippen molar-refractivity contribution in [1.29, 1.82) is 0 Å². The van der Waals surface area contributed by atoms with Crippen molar-refractivity contribution < 1.29 is 17.9 Å². The first kappa shape index (κ1) is 21.3. The minimum atomic E-state index is -3.48. The van der Waals surface area contributed by atoms with E-state index in [9.17, 15) is 13.2 Å². The number of carbonyl (C=O) groups excluding carboxylic acids is 1. The summed E-state index contributed by atoms with van der Waals surface area (Å²) in [4.78, 5) is 18.2. The van der Waals surface area contributed by atoms with Crippen molar-refractivity contribution in [3.63, 3.8) is 0 Å². The molecule has 7 nitrogen and oxygen atoms in total. The van der Waals surface area contributed by atoms with E-state index in [4.69, 9.17) is 4.74 Å². The van der Waals surface area contributed by atoms with Crippen LogP contribution in [0, 0.1) is 0 Å². The Bertz CT molecular complexity index is 1180. The van der Waals surface area contributed by atoms with Gasteiger partial charge in [-0.2, -0.15) is 0 Å². The Kier molecular flexibility index (Phi) is 6.24. The number of sulfonamides is 1. The number of hydrogen-bond donors (Lipinski definition) is 1. The number of aromatic nitrogens is 1. The normalized spacial score (nSPS) is 13.6. The van der Waals surface area contributed by atoms with Gasteiger partial charge in [-0.3, -0.25) is 9.52 Å².